The summed E-state index contributed by atoms with van der Waals surface area (Å²) in [7, 11) is 1.63. The lowest BCUT2D eigenvalue weighted by Gasteiger charge is -2.32. The minimum absolute atomic E-state index is 0. The summed E-state index contributed by atoms with van der Waals surface area (Å²) in [6.07, 6.45) is 1.59. The van der Waals surface area contributed by atoms with Gasteiger partial charge in [-0.25, -0.2) is 0 Å². The first-order chi connectivity index (χ1) is 11.2. The molecule has 0 unspecified atom stereocenters. The predicted octanol–water partition coefficient (Wildman–Crippen LogP) is 1.07. The predicted molar refractivity (Wildman–Crippen MR) is 95.5 cm³/mol. The van der Waals surface area contributed by atoms with E-state index in [9.17, 15) is 9.59 Å². The maximum Gasteiger partial charge on any atom is 0.253 e. The van der Waals surface area contributed by atoms with Gasteiger partial charge in [-0.3, -0.25) is 9.59 Å². The average molecular weight is 356 g/mol. The molecular formula is C17H26ClN3O3. The van der Waals surface area contributed by atoms with E-state index >= 15 is 0 Å². The number of ether oxygens (including phenoxy) is 1. The summed E-state index contributed by atoms with van der Waals surface area (Å²) in [6, 6.07) is 9.46. The fourth-order valence-corrected chi connectivity index (χ4v) is 2.65. The summed E-state index contributed by atoms with van der Waals surface area (Å²) in [5, 5.41) is 6.04. The number of amides is 2. The van der Waals surface area contributed by atoms with Gasteiger partial charge >= 0.3 is 0 Å². The van der Waals surface area contributed by atoms with E-state index in [1.54, 1.807) is 7.11 Å². The average Bonchev–Trinajstić information content (AvgIpc) is 2.59. The van der Waals surface area contributed by atoms with Gasteiger partial charge in [-0.2, -0.15) is 0 Å². The number of rotatable bonds is 7. The molecule has 24 heavy (non-hydrogen) atoms. The van der Waals surface area contributed by atoms with Crippen molar-refractivity contribution in [2.24, 2.45) is 0 Å². The van der Waals surface area contributed by atoms with Crippen molar-refractivity contribution >= 4 is 24.2 Å². The molecule has 1 aliphatic heterocycles. The summed E-state index contributed by atoms with van der Waals surface area (Å²) in [4.78, 5) is 26.0. The van der Waals surface area contributed by atoms with Crippen LogP contribution < -0.4 is 10.6 Å². The van der Waals surface area contributed by atoms with E-state index in [0.717, 1.165) is 18.4 Å². The summed E-state index contributed by atoms with van der Waals surface area (Å²) in [6.45, 7) is 2.90. The molecule has 1 heterocycles. The first-order valence-electron chi connectivity index (χ1n) is 8.04. The molecule has 0 aromatic heterocycles. The number of likely N-dealkylation sites (tertiary alicyclic amines) is 1. The maximum absolute atomic E-state index is 12.3. The van der Waals surface area contributed by atoms with E-state index in [1.807, 2.05) is 35.2 Å². The topological polar surface area (TPSA) is 70.7 Å². The van der Waals surface area contributed by atoms with Crippen LogP contribution in [0.3, 0.4) is 0 Å². The second-order valence-electron chi connectivity index (χ2n) is 5.67. The van der Waals surface area contributed by atoms with Crippen molar-refractivity contribution in [2.75, 3.05) is 39.9 Å². The molecule has 1 aromatic carbocycles. The molecule has 1 aromatic rings. The third-order valence-corrected chi connectivity index (χ3v) is 3.94. The first-order valence-corrected chi connectivity index (χ1v) is 8.04. The highest BCUT2D eigenvalue weighted by Gasteiger charge is 2.24. The van der Waals surface area contributed by atoms with Gasteiger partial charge in [0.1, 0.15) is 0 Å². The standard InChI is InChI=1S/C17H25N3O3.ClH/c1-23-12-9-18-13-16(21)19-15-7-10-20(11-8-15)17(22)14-5-3-2-4-6-14;/h2-6,15,18H,7-13H2,1H3,(H,19,21);1H. The molecule has 0 aliphatic carbocycles. The Labute approximate surface area is 149 Å². The lowest BCUT2D eigenvalue weighted by atomic mass is 10.0. The van der Waals surface area contributed by atoms with Crippen molar-refractivity contribution in [3.8, 4) is 0 Å². The van der Waals surface area contributed by atoms with Crippen LogP contribution in [0.25, 0.3) is 0 Å². The highest BCUT2D eigenvalue weighted by molar-refractivity contribution is 5.94. The van der Waals surface area contributed by atoms with Crippen molar-refractivity contribution in [3.63, 3.8) is 0 Å². The Morgan fingerprint density at radius 1 is 1.21 bits per heavy atom. The van der Waals surface area contributed by atoms with Gasteiger partial charge in [0.15, 0.2) is 0 Å². The molecule has 2 rings (SSSR count). The van der Waals surface area contributed by atoms with E-state index < -0.39 is 0 Å². The highest BCUT2D eigenvalue weighted by atomic mass is 35.5. The minimum atomic E-state index is -0.00561. The van der Waals surface area contributed by atoms with Crippen LogP contribution in [0, 0.1) is 0 Å². The molecule has 134 valence electrons. The smallest absolute Gasteiger partial charge is 0.253 e. The van der Waals surface area contributed by atoms with Crippen molar-refractivity contribution in [1.29, 1.82) is 0 Å². The second kappa shape index (κ2) is 11.0. The summed E-state index contributed by atoms with van der Waals surface area (Å²) >= 11 is 0. The molecule has 6 nitrogen and oxygen atoms in total. The second-order valence-corrected chi connectivity index (χ2v) is 5.67. The minimum Gasteiger partial charge on any atom is -0.383 e. The quantitative estimate of drug-likeness (QED) is 0.718. The van der Waals surface area contributed by atoms with Gasteiger partial charge in [-0.1, -0.05) is 18.2 Å². The van der Waals surface area contributed by atoms with E-state index in [1.165, 1.54) is 0 Å². The van der Waals surface area contributed by atoms with Crippen LogP contribution >= 0.6 is 12.4 Å². The largest absolute Gasteiger partial charge is 0.383 e. The molecule has 0 atom stereocenters. The number of nitrogens with zero attached hydrogens (tertiary/aromatic N) is 1. The molecule has 1 aliphatic rings. The molecule has 7 heteroatoms. The van der Waals surface area contributed by atoms with Crippen LogP contribution in [0.5, 0.6) is 0 Å². The summed E-state index contributed by atoms with van der Waals surface area (Å²) in [5.74, 6) is 0.0607. The molecule has 0 saturated carbocycles. The van der Waals surface area contributed by atoms with Gasteiger partial charge in [-0.05, 0) is 25.0 Å². The molecule has 0 radical (unpaired) electrons. The Kier molecular flexibility index (Phi) is 9.37. The van der Waals surface area contributed by atoms with Gasteiger partial charge in [-0.15, -0.1) is 12.4 Å². The van der Waals surface area contributed by atoms with Crippen LogP contribution in [0.2, 0.25) is 0 Å². The molecule has 0 spiro atoms. The van der Waals surface area contributed by atoms with Crippen molar-refractivity contribution in [3.05, 3.63) is 35.9 Å². The van der Waals surface area contributed by atoms with Gasteiger partial charge in [0.2, 0.25) is 5.91 Å². The van der Waals surface area contributed by atoms with E-state index in [4.69, 9.17) is 4.74 Å². The number of piperidine rings is 1. The Balaban J connectivity index is 0.00000288. The summed E-state index contributed by atoms with van der Waals surface area (Å²) < 4.78 is 4.91. The van der Waals surface area contributed by atoms with Gasteiger partial charge in [0.25, 0.3) is 5.91 Å². The fourth-order valence-electron chi connectivity index (χ4n) is 2.65. The van der Waals surface area contributed by atoms with Crippen LogP contribution in [-0.4, -0.2) is 62.7 Å². The fraction of sp³-hybridized carbons (Fsp3) is 0.529. The number of hydrogen-bond donors (Lipinski definition) is 2. The van der Waals surface area contributed by atoms with Gasteiger partial charge in [0, 0.05) is 38.3 Å². The van der Waals surface area contributed by atoms with Crippen molar-refractivity contribution in [1.82, 2.24) is 15.5 Å². The number of carbonyl (C=O) groups excluding carboxylic acids is 2. The summed E-state index contributed by atoms with van der Waals surface area (Å²) in [5.41, 5.74) is 0.720. The first kappa shape index (κ1) is 20.4. The van der Waals surface area contributed by atoms with Crippen LogP contribution in [0.15, 0.2) is 30.3 Å². The van der Waals surface area contributed by atoms with Crippen molar-refractivity contribution in [2.45, 2.75) is 18.9 Å². The van der Waals surface area contributed by atoms with Crippen LogP contribution in [0.4, 0.5) is 0 Å². The Bertz CT molecular complexity index is 505. The third kappa shape index (κ3) is 6.47. The van der Waals surface area contributed by atoms with Gasteiger partial charge < -0.3 is 20.3 Å². The van der Waals surface area contributed by atoms with Crippen LogP contribution in [0.1, 0.15) is 23.2 Å². The van der Waals surface area contributed by atoms with E-state index in [0.29, 0.717) is 32.8 Å². The highest BCUT2D eigenvalue weighted by Crippen LogP contribution is 2.13. The molecule has 1 fully saturated rings. The normalized spacial score (nSPS) is 14.8. The van der Waals surface area contributed by atoms with Crippen LogP contribution in [-0.2, 0) is 9.53 Å². The zero-order valence-electron chi connectivity index (χ0n) is 14.0. The molecular weight excluding hydrogens is 330 g/mol. The number of methoxy groups -OCH3 is 1. The van der Waals surface area contributed by atoms with E-state index in [2.05, 4.69) is 10.6 Å². The molecule has 2 amide bonds. The number of carbonyl (C=O) groups is 2. The number of nitrogens with one attached hydrogen (secondary N) is 2. The Morgan fingerprint density at radius 2 is 1.88 bits per heavy atom. The lowest BCUT2D eigenvalue weighted by Crippen LogP contribution is -2.48. The Hall–Kier alpha value is -1.63. The molecule has 0 bridgehead atoms. The molecule has 1 saturated heterocycles. The SMILES string of the molecule is COCCNCC(=O)NC1CCN(C(=O)c2ccccc2)CC1.Cl. The lowest BCUT2D eigenvalue weighted by molar-refractivity contribution is -0.121. The zero-order valence-corrected chi connectivity index (χ0v) is 14.8. The van der Waals surface area contributed by atoms with Gasteiger partial charge in [0.05, 0.1) is 13.2 Å². The maximum atomic E-state index is 12.3. The number of benzene rings is 1. The number of hydrogen-bond acceptors (Lipinski definition) is 4. The number of halogens is 1. The Morgan fingerprint density at radius 3 is 2.50 bits per heavy atom. The van der Waals surface area contributed by atoms with Crippen molar-refractivity contribution < 1.29 is 14.3 Å². The zero-order chi connectivity index (χ0) is 16.5. The third-order valence-electron chi connectivity index (χ3n) is 3.94. The monoisotopic (exact) mass is 355 g/mol. The van der Waals surface area contributed by atoms with E-state index in [-0.39, 0.29) is 30.3 Å². The molecule has 2 N–H and O–H groups in total.